The summed E-state index contributed by atoms with van der Waals surface area (Å²) in [5, 5.41) is 0. The SMILES string of the molecule is CCCCCC(N)(Cc1ccccc1)Cc1ccccc1. The monoisotopic (exact) mass is 281 g/mol. The smallest absolute Gasteiger partial charge is 0.0235 e. The van der Waals surface area contributed by atoms with Crippen molar-refractivity contribution in [2.45, 2.75) is 51.0 Å². The minimum atomic E-state index is -0.141. The second kappa shape index (κ2) is 7.99. The van der Waals surface area contributed by atoms with E-state index in [1.54, 1.807) is 0 Å². The Morgan fingerprint density at radius 2 is 1.24 bits per heavy atom. The lowest BCUT2D eigenvalue weighted by Crippen LogP contribution is -2.44. The van der Waals surface area contributed by atoms with Crippen molar-refractivity contribution in [2.24, 2.45) is 5.73 Å². The van der Waals surface area contributed by atoms with E-state index in [9.17, 15) is 0 Å². The van der Waals surface area contributed by atoms with E-state index in [1.807, 2.05) is 0 Å². The Kier molecular flexibility index (Phi) is 6.01. The van der Waals surface area contributed by atoms with Crippen molar-refractivity contribution in [3.63, 3.8) is 0 Å². The molecule has 0 fully saturated rings. The first-order valence-corrected chi connectivity index (χ1v) is 8.08. The minimum Gasteiger partial charge on any atom is -0.324 e. The highest BCUT2D eigenvalue weighted by Crippen LogP contribution is 2.23. The number of rotatable bonds is 8. The molecule has 0 aliphatic heterocycles. The summed E-state index contributed by atoms with van der Waals surface area (Å²) >= 11 is 0. The van der Waals surface area contributed by atoms with Crippen LogP contribution in [0, 0.1) is 0 Å². The third-order valence-electron chi connectivity index (χ3n) is 4.08. The third kappa shape index (κ3) is 5.35. The molecule has 2 aromatic rings. The molecule has 0 saturated heterocycles. The van der Waals surface area contributed by atoms with Gasteiger partial charge in [-0.2, -0.15) is 0 Å². The number of unbranched alkanes of at least 4 members (excludes halogenated alkanes) is 2. The fourth-order valence-electron chi connectivity index (χ4n) is 2.97. The standard InChI is InChI=1S/C20H27N/c1-2-3-10-15-20(21,16-18-11-6-4-7-12-18)17-19-13-8-5-9-14-19/h4-9,11-14H,2-3,10,15-17,21H2,1H3. The zero-order valence-corrected chi connectivity index (χ0v) is 13.1. The minimum absolute atomic E-state index is 0.141. The highest BCUT2D eigenvalue weighted by molar-refractivity contribution is 5.22. The molecule has 0 heterocycles. The average Bonchev–Trinajstić information content (AvgIpc) is 2.49. The Labute approximate surface area is 129 Å². The van der Waals surface area contributed by atoms with Crippen molar-refractivity contribution in [1.82, 2.24) is 0 Å². The Morgan fingerprint density at radius 1 is 0.762 bits per heavy atom. The molecule has 0 unspecified atom stereocenters. The molecule has 1 heteroatoms. The predicted molar refractivity (Wildman–Crippen MR) is 91.4 cm³/mol. The molecule has 112 valence electrons. The summed E-state index contributed by atoms with van der Waals surface area (Å²) < 4.78 is 0. The van der Waals surface area contributed by atoms with Gasteiger partial charge in [-0.1, -0.05) is 86.8 Å². The molecule has 21 heavy (non-hydrogen) atoms. The van der Waals surface area contributed by atoms with Crippen LogP contribution in [0.2, 0.25) is 0 Å². The van der Waals surface area contributed by atoms with Crippen LogP contribution in [0.15, 0.2) is 60.7 Å². The van der Waals surface area contributed by atoms with E-state index in [1.165, 1.54) is 30.4 Å². The predicted octanol–water partition coefficient (Wildman–Crippen LogP) is 4.75. The molecule has 2 N–H and O–H groups in total. The zero-order chi connectivity index (χ0) is 15.0. The Morgan fingerprint density at radius 3 is 1.67 bits per heavy atom. The van der Waals surface area contributed by atoms with E-state index in [0.29, 0.717) is 0 Å². The number of benzene rings is 2. The van der Waals surface area contributed by atoms with Crippen molar-refractivity contribution in [1.29, 1.82) is 0 Å². The first kappa shape index (κ1) is 15.8. The van der Waals surface area contributed by atoms with Gasteiger partial charge in [0.2, 0.25) is 0 Å². The molecular formula is C20H27N. The fraction of sp³-hybridized carbons (Fsp3) is 0.400. The van der Waals surface area contributed by atoms with Gasteiger partial charge in [-0.3, -0.25) is 0 Å². The van der Waals surface area contributed by atoms with E-state index in [0.717, 1.165) is 19.3 Å². The van der Waals surface area contributed by atoms with Gasteiger partial charge in [-0.05, 0) is 30.4 Å². The van der Waals surface area contributed by atoms with Gasteiger partial charge >= 0.3 is 0 Å². The topological polar surface area (TPSA) is 26.0 Å². The van der Waals surface area contributed by atoms with Crippen molar-refractivity contribution in [3.8, 4) is 0 Å². The van der Waals surface area contributed by atoms with Gasteiger partial charge in [0, 0.05) is 5.54 Å². The summed E-state index contributed by atoms with van der Waals surface area (Å²) in [7, 11) is 0. The van der Waals surface area contributed by atoms with Crippen LogP contribution in [0.25, 0.3) is 0 Å². The molecule has 0 radical (unpaired) electrons. The fourth-order valence-corrected chi connectivity index (χ4v) is 2.97. The first-order valence-electron chi connectivity index (χ1n) is 8.08. The van der Waals surface area contributed by atoms with Gasteiger partial charge in [-0.15, -0.1) is 0 Å². The molecule has 0 aliphatic carbocycles. The lowest BCUT2D eigenvalue weighted by molar-refractivity contribution is 0.371. The highest BCUT2D eigenvalue weighted by Gasteiger charge is 2.25. The summed E-state index contributed by atoms with van der Waals surface area (Å²) in [4.78, 5) is 0. The van der Waals surface area contributed by atoms with Crippen molar-refractivity contribution in [2.75, 3.05) is 0 Å². The second-order valence-corrected chi connectivity index (χ2v) is 6.14. The maximum Gasteiger partial charge on any atom is 0.0235 e. The number of nitrogens with two attached hydrogens (primary N) is 1. The van der Waals surface area contributed by atoms with Crippen LogP contribution in [0.3, 0.4) is 0 Å². The molecule has 0 aromatic heterocycles. The number of hydrogen-bond donors (Lipinski definition) is 1. The van der Waals surface area contributed by atoms with Crippen molar-refractivity contribution in [3.05, 3.63) is 71.8 Å². The van der Waals surface area contributed by atoms with Crippen LogP contribution in [0.5, 0.6) is 0 Å². The van der Waals surface area contributed by atoms with Gasteiger partial charge in [0.05, 0.1) is 0 Å². The summed E-state index contributed by atoms with van der Waals surface area (Å²) in [6.45, 7) is 2.24. The summed E-state index contributed by atoms with van der Waals surface area (Å²) in [6.07, 6.45) is 6.71. The van der Waals surface area contributed by atoms with Gasteiger partial charge in [0.25, 0.3) is 0 Å². The first-order chi connectivity index (χ1) is 10.2. The quantitative estimate of drug-likeness (QED) is 0.694. The van der Waals surface area contributed by atoms with Crippen LogP contribution in [0.4, 0.5) is 0 Å². The second-order valence-electron chi connectivity index (χ2n) is 6.14. The molecule has 2 rings (SSSR count). The Bertz CT molecular complexity index is 462. The largest absolute Gasteiger partial charge is 0.324 e. The van der Waals surface area contributed by atoms with E-state index in [-0.39, 0.29) is 5.54 Å². The van der Waals surface area contributed by atoms with Crippen molar-refractivity contribution >= 4 is 0 Å². The lowest BCUT2D eigenvalue weighted by atomic mass is 9.81. The van der Waals surface area contributed by atoms with Crippen LogP contribution in [-0.2, 0) is 12.8 Å². The van der Waals surface area contributed by atoms with Crippen LogP contribution >= 0.6 is 0 Å². The molecule has 0 spiro atoms. The van der Waals surface area contributed by atoms with E-state index in [2.05, 4.69) is 67.6 Å². The van der Waals surface area contributed by atoms with Gasteiger partial charge in [-0.25, -0.2) is 0 Å². The molecule has 0 bridgehead atoms. The van der Waals surface area contributed by atoms with E-state index in [4.69, 9.17) is 5.73 Å². The maximum atomic E-state index is 6.80. The molecule has 0 saturated carbocycles. The summed E-state index contributed by atoms with van der Waals surface area (Å²) in [5.74, 6) is 0. The molecule has 0 amide bonds. The van der Waals surface area contributed by atoms with Crippen LogP contribution in [-0.4, -0.2) is 5.54 Å². The summed E-state index contributed by atoms with van der Waals surface area (Å²) in [5.41, 5.74) is 9.34. The Balaban J connectivity index is 2.09. The molecule has 0 aliphatic rings. The molecular weight excluding hydrogens is 254 g/mol. The Hall–Kier alpha value is -1.60. The number of hydrogen-bond acceptors (Lipinski definition) is 1. The molecule has 0 atom stereocenters. The zero-order valence-electron chi connectivity index (χ0n) is 13.1. The molecule has 1 nitrogen and oxygen atoms in total. The van der Waals surface area contributed by atoms with Crippen LogP contribution in [0.1, 0.15) is 43.7 Å². The normalized spacial score (nSPS) is 11.5. The third-order valence-corrected chi connectivity index (χ3v) is 4.08. The summed E-state index contributed by atoms with van der Waals surface area (Å²) in [6, 6.07) is 21.3. The van der Waals surface area contributed by atoms with Crippen LogP contribution < -0.4 is 5.73 Å². The lowest BCUT2D eigenvalue weighted by Gasteiger charge is -2.30. The highest BCUT2D eigenvalue weighted by atomic mass is 14.7. The van der Waals surface area contributed by atoms with Gasteiger partial charge in [0.15, 0.2) is 0 Å². The van der Waals surface area contributed by atoms with Crippen molar-refractivity contribution < 1.29 is 0 Å². The van der Waals surface area contributed by atoms with Gasteiger partial charge in [0.1, 0.15) is 0 Å². The van der Waals surface area contributed by atoms with E-state index >= 15 is 0 Å². The maximum absolute atomic E-state index is 6.80. The average molecular weight is 281 g/mol. The van der Waals surface area contributed by atoms with Gasteiger partial charge < -0.3 is 5.73 Å². The van der Waals surface area contributed by atoms with E-state index < -0.39 is 0 Å². The molecule has 2 aromatic carbocycles.